The van der Waals surface area contributed by atoms with Crippen LogP contribution in [-0.2, 0) is 15.6 Å². The first kappa shape index (κ1) is 18.1. The third-order valence-electron chi connectivity index (χ3n) is 4.43. The van der Waals surface area contributed by atoms with Gasteiger partial charge in [-0.05, 0) is 37.5 Å². The van der Waals surface area contributed by atoms with E-state index in [1.54, 1.807) is 13.0 Å². The van der Waals surface area contributed by atoms with Gasteiger partial charge in [0.15, 0.2) is 9.84 Å². The molecule has 0 amide bonds. The molecule has 0 atom stereocenters. The summed E-state index contributed by atoms with van der Waals surface area (Å²) >= 11 is 5.95. The van der Waals surface area contributed by atoms with Crippen molar-refractivity contribution in [2.45, 2.75) is 50.0 Å². The van der Waals surface area contributed by atoms with Gasteiger partial charge in [0.25, 0.3) is 0 Å². The van der Waals surface area contributed by atoms with Crippen LogP contribution >= 0.6 is 11.6 Å². The van der Waals surface area contributed by atoms with Crippen LogP contribution in [0.25, 0.3) is 0 Å². The van der Waals surface area contributed by atoms with E-state index in [1.165, 1.54) is 0 Å². The molecule has 1 heterocycles. The van der Waals surface area contributed by atoms with E-state index < -0.39 is 9.84 Å². The zero-order valence-corrected chi connectivity index (χ0v) is 15.8. The predicted molar refractivity (Wildman–Crippen MR) is 101 cm³/mol. The lowest BCUT2D eigenvalue weighted by molar-refractivity contribution is 0.483. The number of nitrogens with one attached hydrogen (secondary N) is 1. The third-order valence-corrected chi connectivity index (χ3v) is 6.85. The third kappa shape index (κ3) is 4.92. The highest BCUT2D eigenvalue weighted by Crippen LogP contribution is 2.27. The van der Waals surface area contributed by atoms with Crippen molar-refractivity contribution < 1.29 is 8.42 Å². The predicted octanol–water partition coefficient (Wildman–Crippen LogP) is 4.43. The molecule has 5 nitrogen and oxygen atoms in total. The molecule has 0 bridgehead atoms. The van der Waals surface area contributed by atoms with E-state index >= 15 is 0 Å². The number of anilines is 2. The van der Waals surface area contributed by atoms with Gasteiger partial charge in [0.2, 0.25) is 0 Å². The maximum absolute atomic E-state index is 12.7. The number of benzene rings is 1. The van der Waals surface area contributed by atoms with Crippen molar-refractivity contribution in [3.8, 4) is 0 Å². The number of hydrogen-bond donors (Lipinski definition) is 1. The first-order valence-electron chi connectivity index (χ1n) is 8.51. The van der Waals surface area contributed by atoms with Crippen molar-refractivity contribution in [3.63, 3.8) is 0 Å². The SMILES string of the molecule is Cc1nc(Cl)cc(Nc2cccc(CS(=O)(=O)C3CCCCC3)c2)n1. The van der Waals surface area contributed by atoms with Crippen LogP contribution in [0.15, 0.2) is 30.3 Å². The average Bonchev–Trinajstić information content (AvgIpc) is 2.54. The zero-order valence-electron chi connectivity index (χ0n) is 14.2. The van der Waals surface area contributed by atoms with Gasteiger partial charge in [-0.1, -0.05) is 43.0 Å². The van der Waals surface area contributed by atoms with Crippen molar-refractivity contribution in [2.75, 3.05) is 5.32 Å². The Kier molecular flexibility index (Phi) is 5.59. The van der Waals surface area contributed by atoms with Crippen molar-refractivity contribution in [1.82, 2.24) is 9.97 Å². The number of hydrogen-bond acceptors (Lipinski definition) is 5. The van der Waals surface area contributed by atoms with Gasteiger partial charge in [-0.2, -0.15) is 0 Å². The summed E-state index contributed by atoms with van der Waals surface area (Å²) in [6, 6.07) is 9.07. The smallest absolute Gasteiger partial charge is 0.157 e. The maximum atomic E-state index is 12.7. The number of nitrogens with zero attached hydrogens (tertiary/aromatic N) is 2. The second kappa shape index (κ2) is 7.70. The van der Waals surface area contributed by atoms with Crippen LogP contribution in [0.3, 0.4) is 0 Å². The summed E-state index contributed by atoms with van der Waals surface area (Å²) in [5.74, 6) is 1.24. The summed E-state index contributed by atoms with van der Waals surface area (Å²) in [4.78, 5) is 8.31. The largest absolute Gasteiger partial charge is 0.340 e. The lowest BCUT2D eigenvalue weighted by Crippen LogP contribution is -2.25. The lowest BCUT2D eigenvalue weighted by atomic mass is 10.0. The molecular formula is C18H22ClN3O2S. The molecule has 1 aliphatic carbocycles. The Labute approximate surface area is 153 Å². The van der Waals surface area contributed by atoms with Gasteiger partial charge in [0, 0.05) is 11.8 Å². The summed E-state index contributed by atoms with van der Waals surface area (Å²) in [5.41, 5.74) is 1.57. The minimum atomic E-state index is -3.11. The lowest BCUT2D eigenvalue weighted by Gasteiger charge is -2.21. The topological polar surface area (TPSA) is 72.0 Å². The van der Waals surface area contributed by atoms with Gasteiger partial charge < -0.3 is 5.32 Å². The molecule has 7 heteroatoms. The van der Waals surface area contributed by atoms with Crippen LogP contribution in [-0.4, -0.2) is 23.6 Å². The molecule has 1 aliphatic rings. The average molecular weight is 380 g/mol. The molecule has 1 saturated carbocycles. The molecule has 25 heavy (non-hydrogen) atoms. The van der Waals surface area contributed by atoms with Gasteiger partial charge >= 0.3 is 0 Å². The van der Waals surface area contributed by atoms with Crippen LogP contribution in [0, 0.1) is 6.92 Å². The molecule has 3 rings (SSSR count). The molecule has 2 aromatic rings. The molecule has 1 N–H and O–H groups in total. The minimum absolute atomic E-state index is 0.0801. The summed E-state index contributed by atoms with van der Waals surface area (Å²) in [6.07, 6.45) is 4.75. The Hall–Kier alpha value is -1.66. The summed E-state index contributed by atoms with van der Waals surface area (Å²) in [5, 5.41) is 3.33. The highest BCUT2D eigenvalue weighted by atomic mass is 35.5. The minimum Gasteiger partial charge on any atom is -0.340 e. The van der Waals surface area contributed by atoms with E-state index in [0.717, 1.165) is 43.4 Å². The summed E-state index contributed by atoms with van der Waals surface area (Å²) in [6.45, 7) is 1.77. The standard InChI is InChI=1S/C18H22ClN3O2S/c1-13-20-17(19)11-18(21-13)22-15-7-5-6-14(10-15)12-25(23,24)16-8-3-2-4-9-16/h5-7,10-11,16H,2-4,8-9,12H2,1H3,(H,20,21,22). The van der Waals surface area contributed by atoms with Gasteiger partial charge in [0.1, 0.15) is 16.8 Å². The number of rotatable bonds is 5. The zero-order chi connectivity index (χ0) is 17.9. The first-order chi connectivity index (χ1) is 11.9. The summed E-state index contributed by atoms with van der Waals surface area (Å²) < 4.78 is 25.3. The molecule has 0 aliphatic heterocycles. The quantitative estimate of drug-likeness (QED) is 0.778. The number of sulfone groups is 1. The monoisotopic (exact) mass is 379 g/mol. The van der Waals surface area contributed by atoms with Crippen LogP contribution in [0.4, 0.5) is 11.5 Å². The van der Waals surface area contributed by atoms with E-state index in [4.69, 9.17) is 11.6 Å². The Balaban J connectivity index is 1.74. The van der Waals surface area contributed by atoms with Crippen molar-refractivity contribution in [1.29, 1.82) is 0 Å². The van der Waals surface area contributed by atoms with E-state index in [9.17, 15) is 8.42 Å². The molecule has 1 aromatic carbocycles. The van der Waals surface area contributed by atoms with Gasteiger partial charge in [-0.25, -0.2) is 18.4 Å². The van der Waals surface area contributed by atoms with Crippen LogP contribution in [0.1, 0.15) is 43.5 Å². The first-order valence-corrected chi connectivity index (χ1v) is 10.6. The van der Waals surface area contributed by atoms with E-state index in [-0.39, 0.29) is 11.0 Å². The van der Waals surface area contributed by atoms with Crippen molar-refractivity contribution in [2.24, 2.45) is 0 Å². The highest BCUT2D eigenvalue weighted by molar-refractivity contribution is 7.91. The van der Waals surface area contributed by atoms with Crippen LogP contribution in [0.2, 0.25) is 5.15 Å². The van der Waals surface area contributed by atoms with Crippen molar-refractivity contribution in [3.05, 3.63) is 46.9 Å². The van der Waals surface area contributed by atoms with Gasteiger partial charge in [-0.15, -0.1) is 0 Å². The number of halogens is 1. The molecule has 134 valence electrons. The van der Waals surface area contributed by atoms with Gasteiger partial charge in [-0.3, -0.25) is 0 Å². The molecular weight excluding hydrogens is 358 g/mol. The van der Waals surface area contributed by atoms with E-state index in [0.29, 0.717) is 16.8 Å². The Bertz CT molecular complexity index is 829. The van der Waals surface area contributed by atoms with Crippen molar-refractivity contribution >= 4 is 32.9 Å². The molecule has 1 fully saturated rings. The fourth-order valence-corrected chi connectivity index (χ4v) is 5.41. The van der Waals surface area contributed by atoms with E-state index in [2.05, 4.69) is 15.3 Å². The Morgan fingerprint density at radius 3 is 2.64 bits per heavy atom. The second-order valence-corrected chi connectivity index (χ2v) is 9.18. The maximum Gasteiger partial charge on any atom is 0.157 e. The summed E-state index contributed by atoms with van der Waals surface area (Å²) in [7, 11) is -3.11. The van der Waals surface area contributed by atoms with E-state index in [1.807, 2.05) is 24.3 Å². The fraction of sp³-hybridized carbons (Fsp3) is 0.444. The molecule has 0 radical (unpaired) electrons. The molecule has 0 saturated heterocycles. The number of aromatic nitrogens is 2. The second-order valence-electron chi connectivity index (χ2n) is 6.52. The Morgan fingerprint density at radius 2 is 1.92 bits per heavy atom. The van der Waals surface area contributed by atoms with Gasteiger partial charge in [0.05, 0.1) is 11.0 Å². The normalized spacial score (nSPS) is 15.9. The molecule has 1 aromatic heterocycles. The number of aryl methyl sites for hydroxylation is 1. The fourth-order valence-electron chi connectivity index (χ4n) is 3.26. The van der Waals surface area contributed by atoms with Crippen LogP contribution < -0.4 is 5.32 Å². The van der Waals surface area contributed by atoms with Crippen LogP contribution in [0.5, 0.6) is 0 Å². The molecule has 0 unspecified atom stereocenters. The Morgan fingerprint density at radius 1 is 1.16 bits per heavy atom. The molecule has 0 spiro atoms. The highest BCUT2D eigenvalue weighted by Gasteiger charge is 2.27.